The van der Waals surface area contributed by atoms with Gasteiger partial charge in [0.2, 0.25) is 0 Å². The number of nitrogens with zero attached hydrogens (tertiary/aromatic N) is 1. The molecule has 0 aliphatic carbocycles. The normalized spacial score (nSPS) is 10.2. The van der Waals surface area contributed by atoms with Gasteiger partial charge in [-0.05, 0) is 31.5 Å². The predicted molar refractivity (Wildman–Crippen MR) is 70.8 cm³/mol. The van der Waals surface area contributed by atoms with E-state index in [1.165, 1.54) is 0 Å². The maximum atomic E-state index is 7.99. The number of halogens is 2. The van der Waals surface area contributed by atoms with E-state index < -0.39 is 0 Å². The van der Waals surface area contributed by atoms with E-state index in [-0.39, 0.29) is 0 Å². The molecular formula is C12H16Cl2N2. The van der Waals surface area contributed by atoms with Crippen LogP contribution in [-0.2, 0) is 6.42 Å². The van der Waals surface area contributed by atoms with Crippen LogP contribution in [0.4, 0.5) is 0 Å². The van der Waals surface area contributed by atoms with Crippen molar-refractivity contribution in [3.05, 3.63) is 33.8 Å². The molecule has 0 heterocycles. The fourth-order valence-corrected chi connectivity index (χ4v) is 2.12. The third-order valence-electron chi connectivity index (χ3n) is 2.55. The fourth-order valence-electron chi connectivity index (χ4n) is 1.59. The quantitative estimate of drug-likeness (QED) is 0.645. The van der Waals surface area contributed by atoms with Crippen molar-refractivity contribution < 1.29 is 0 Å². The number of hydrogen-bond acceptors (Lipinski definition) is 1. The summed E-state index contributed by atoms with van der Waals surface area (Å²) in [6, 6.07) is 5.42. The van der Waals surface area contributed by atoms with Crippen molar-refractivity contribution in [2.75, 3.05) is 13.1 Å². The van der Waals surface area contributed by atoms with Crippen LogP contribution in [0.15, 0.2) is 18.2 Å². The average molecular weight is 259 g/mol. The van der Waals surface area contributed by atoms with Crippen LogP contribution in [0.2, 0.25) is 10.0 Å². The van der Waals surface area contributed by atoms with Gasteiger partial charge >= 0.3 is 0 Å². The van der Waals surface area contributed by atoms with E-state index in [0.717, 1.165) is 18.7 Å². The van der Waals surface area contributed by atoms with E-state index in [9.17, 15) is 0 Å². The summed E-state index contributed by atoms with van der Waals surface area (Å²) >= 11 is 12.1. The number of nitrogens with one attached hydrogen (secondary N) is 1. The molecular weight excluding hydrogens is 243 g/mol. The van der Waals surface area contributed by atoms with Gasteiger partial charge in [-0.3, -0.25) is 5.41 Å². The van der Waals surface area contributed by atoms with E-state index in [0.29, 0.717) is 22.3 Å². The smallest absolute Gasteiger partial charge is 0.100 e. The molecule has 0 unspecified atom stereocenters. The van der Waals surface area contributed by atoms with Crippen LogP contribution >= 0.6 is 23.2 Å². The van der Waals surface area contributed by atoms with Gasteiger partial charge in [-0.2, -0.15) is 0 Å². The first-order valence-electron chi connectivity index (χ1n) is 5.35. The molecule has 1 aromatic carbocycles. The van der Waals surface area contributed by atoms with Crippen LogP contribution in [0.1, 0.15) is 19.4 Å². The van der Waals surface area contributed by atoms with Crippen LogP contribution < -0.4 is 0 Å². The molecule has 1 N–H and O–H groups in total. The number of likely N-dealkylation sites (N-methyl/N-ethyl adjacent to an activating group) is 1. The Balaban J connectivity index is 2.84. The van der Waals surface area contributed by atoms with Crippen molar-refractivity contribution in [2.45, 2.75) is 20.3 Å². The molecule has 16 heavy (non-hydrogen) atoms. The average Bonchev–Trinajstić information content (AvgIpc) is 2.25. The minimum absolute atomic E-state index is 0.486. The predicted octanol–water partition coefficient (Wildman–Crippen LogP) is 3.85. The summed E-state index contributed by atoms with van der Waals surface area (Å²) in [5.41, 5.74) is 0.836. The standard InChI is InChI=1S/C12H16Cl2N2/c1-3-16(4-2)12(15)8-9-10(13)6-5-7-11(9)14/h5-7,15H,3-4,8H2,1-2H3. The Bertz CT molecular complexity index is 353. The monoisotopic (exact) mass is 258 g/mol. The molecule has 0 atom stereocenters. The van der Waals surface area contributed by atoms with Crippen molar-refractivity contribution in [3.8, 4) is 0 Å². The number of benzene rings is 1. The highest BCUT2D eigenvalue weighted by Crippen LogP contribution is 2.25. The first-order chi connectivity index (χ1) is 7.60. The van der Waals surface area contributed by atoms with E-state index in [1.807, 2.05) is 24.8 Å². The Morgan fingerprint density at radius 2 is 1.69 bits per heavy atom. The second kappa shape index (κ2) is 6.12. The lowest BCUT2D eigenvalue weighted by Crippen LogP contribution is -2.31. The Morgan fingerprint density at radius 1 is 1.19 bits per heavy atom. The highest BCUT2D eigenvalue weighted by molar-refractivity contribution is 6.36. The lowest BCUT2D eigenvalue weighted by Gasteiger charge is -2.22. The van der Waals surface area contributed by atoms with Crippen molar-refractivity contribution in [1.82, 2.24) is 4.90 Å². The zero-order valence-corrected chi connectivity index (χ0v) is 11.1. The molecule has 1 rings (SSSR count). The molecule has 0 amide bonds. The minimum Gasteiger partial charge on any atom is -0.361 e. The Hall–Kier alpha value is -0.730. The second-order valence-corrected chi connectivity index (χ2v) is 4.31. The SMILES string of the molecule is CCN(CC)C(=N)Cc1c(Cl)cccc1Cl. The van der Waals surface area contributed by atoms with Gasteiger partial charge in [0, 0.05) is 29.6 Å². The van der Waals surface area contributed by atoms with Gasteiger partial charge in [-0.15, -0.1) is 0 Å². The van der Waals surface area contributed by atoms with Gasteiger partial charge in [-0.1, -0.05) is 29.3 Å². The van der Waals surface area contributed by atoms with Gasteiger partial charge in [-0.25, -0.2) is 0 Å². The van der Waals surface area contributed by atoms with E-state index >= 15 is 0 Å². The van der Waals surface area contributed by atoms with Crippen molar-refractivity contribution in [3.63, 3.8) is 0 Å². The maximum absolute atomic E-state index is 7.99. The summed E-state index contributed by atoms with van der Waals surface area (Å²) < 4.78 is 0. The molecule has 0 saturated heterocycles. The van der Waals surface area contributed by atoms with Gasteiger partial charge in [0.05, 0.1) is 0 Å². The fraction of sp³-hybridized carbons (Fsp3) is 0.417. The summed E-state index contributed by atoms with van der Waals surface area (Å²) in [7, 11) is 0. The summed E-state index contributed by atoms with van der Waals surface area (Å²) in [6.45, 7) is 5.73. The highest BCUT2D eigenvalue weighted by Gasteiger charge is 2.11. The molecule has 0 bridgehead atoms. The second-order valence-electron chi connectivity index (χ2n) is 3.50. The van der Waals surface area contributed by atoms with Gasteiger partial charge in [0.25, 0.3) is 0 Å². The number of rotatable bonds is 4. The first-order valence-corrected chi connectivity index (χ1v) is 6.11. The Kier molecular flexibility index (Phi) is 5.10. The van der Waals surface area contributed by atoms with Crippen LogP contribution in [0.5, 0.6) is 0 Å². The molecule has 1 aromatic rings. The summed E-state index contributed by atoms with van der Waals surface area (Å²) in [4.78, 5) is 1.99. The lowest BCUT2D eigenvalue weighted by molar-refractivity contribution is 0.455. The zero-order valence-electron chi connectivity index (χ0n) is 9.56. The first kappa shape index (κ1) is 13.3. The Morgan fingerprint density at radius 3 is 2.12 bits per heavy atom. The van der Waals surface area contributed by atoms with Crippen LogP contribution in [0, 0.1) is 5.41 Å². The maximum Gasteiger partial charge on any atom is 0.100 e. The molecule has 0 aliphatic heterocycles. The molecule has 2 nitrogen and oxygen atoms in total. The number of amidine groups is 1. The van der Waals surface area contributed by atoms with E-state index in [1.54, 1.807) is 12.1 Å². The molecule has 0 radical (unpaired) electrons. The molecule has 88 valence electrons. The largest absolute Gasteiger partial charge is 0.361 e. The van der Waals surface area contributed by atoms with E-state index in [2.05, 4.69) is 0 Å². The van der Waals surface area contributed by atoms with Crippen molar-refractivity contribution in [2.24, 2.45) is 0 Å². The molecule has 0 fully saturated rings. The number of hydrogen-bond donors (Lipinski definition) is 1. The highest BCUT2D eigenvalue weighted by atomic mass is 35.5. The minimum atomic E-state index is 0.486. The van der Waals surface area contributed by atoms with Gasteiger partial charge in [0.15, 0.2) is 0 Å². The third-order valence-corrected chi connectivity index (χ3v) is 3.26. The molecule has 0 aromatic heterocycles. The van der Waals surface area contributed by atoms with Crippen molar-refractivity contribution >= 4 is 29.0 Å². The lowest BCUT2D eigenvalue weighted by atomic mass is 10.1. The molecule has 0 spiro atoms. The van der Waals surface area contributed by atoms with Crippen LogP contribution in [0.3, 0.4) is 0 Å². The van der Waals surface area contributed by atoms with Crippen molar-refractivity contribution in [1.29, 1.82) is 5.41 Å². The molecule has 4 heteroatoms. The van der Waals surface area contributed by atoms with Gasteiger partial charge in [0.1, 0.15) is 5.84 Å². The zero-order chi connectivity index (χ0) is 12.1. The van der Waals surface area contributed by atoms with E-state index in [4.69, 9.17) is 28.6 Å². The summed E-state index contributed by atoms with van der Waals surface area (Å²) in [5, 5.41) is 9.24. The molecule has 0 saturated carbocycles. The van der Waals surface area contributed by atoms with Gasteiger partial charge < -0.3 is 4.90 Å². The van der Waals surface area contributed by atoms with Crippen LogP contribution in [-0.4, -0.2) is 23.8 Å². The summed E-state index contributed by atoms with van der Waals surface area (Å²) in [5.74, 6) is 0.556. The third kappa shape index (κ3) is 3.13. The molecule has 0 aliphatic rings. The Labute approximate surface area is 107 Å². The summed E-state index contributed by atoms with van der Waals surface area (Å²) in [6.07, 6.45) is 0.486. The van der Waals surface area contributed by atoms with Crippen LogP contribution in [0.25, 0.3) is 0 Å². The topological polar surface area (TPSA) is 27.1 Å².